The van der Waals surface area contributed by atoms with Crippen molar-refractivity contribution in [2.24, 2.45) is 4.99 Å². The number of thioether (sulfide) groups is 1. The van der Waals surface area contributed by atoms with Crippen molar-refractivity contribution in [1.82, 2.24) is 10.2 Å². The summed E-state index contributed by atoms with van der Waals surface area (Å²) >= 11 is 1.17. The number of nitrogens with zero attached hydrogens (tertiary/aromatic N) is 3. The summed E-state index contributed by atoms with van der Waals surface area (Å²) in [6.07, 6.45) is 1.71. The second kappa shape index (κ2) is 9.72. The first-order chi connectivity index (χ1) is 16.3. The number of benzene rings is 2. The number of urea groups is 1. The van der Waals surface area contributed by atoms with E-state index in [1.165, 1.54) is 21.6 Å². The van der Waals surface area contributed by atoms with Gasteiger partial charge in [-0.25, -0.2) is 9.79 Å². The molecule has 4 amide bonds. The minimum atomic E-state index is -0.607. The first-order valence-corrected chi connectivity index (χ1v) is 11.8. The minimum absolute atomic E-state index is 0.269. The van der Waals surface area contributed by atoms with Gasteiger partial charge in [-0.05, 0) is 67.8 Å². The van der Waals surface area contributed by atoms with Gasteiger partial charge >= 0.3 is 6.03 Å². The Bertz CT molecular complexity index is 1190. The number of amidine groups is 1. The smallest absolute Gasteiger partial charge is 0.324 e. The number of hydrogen-bond acceptors (Lipinski definition) is 6. The average molecular weight is 479 g/mol. The second-order valence-electron chi connectivity index (χ2n) is 8.17. The van der Waals surface area contributed by atoms with Gasteiger partial charge in [0.25, 0.3) is 5.91 Å². The van der Waals surface area contributed by atoms with Gasteiger partial charge in [-0.15, -0.1) is 0 Å². The fraction of sp³-hybridized carbons (Fsp3) is 0.280. The second-order valence-corrected chi connectivity index (χ2v) is 9.47. The molecule has 2 aliphatic heterocycles. The number of carbonyl (C=O) groups excluding carboxylic acids is 3. The molecule has 2 aliphatic rings. The van der Waals surface area contributed by atoms with Gasteiger partial charge in [-0.3, -0.25) is 19.4 Å². The summed E-state index contributed by atoms with van der Waals surface area (Å²) in [6.45, 7) is 6.42. The maximum atomic E-state index is 13.5. The summed E-state index contributed by atoms with van der Waals surface area (Å²) in [4.78, 5) is 45.6. The van der Waals surface area contributed by atoms with Crippen molar-refractivity contribution >= 4 is 46.5 Å². The summed E-state index contributed by atoms with van der Waals surface area (Å²) in [5, 5.41) is 2.43. The van der Waals surface area contributed by atoms with E-state index in [0.29, 0.717) is 23.9 Å². The third-order valence-electron chi connectivity index (χ3n) is 5.47. The molecule has 2 heterocycles. The van der Waals surface area contributed by atoms with Crippen LogP contribution in [0.25, 0.3) is 6.08 Å². The molecule has 176 valence electrons. The van der Waals surface area contributed by atoms with Crippen LogP contribution < -0.4 is 15.0 Å². The van der Waals surface area contributed by atoms with E-state index in [0.717, 1.165) is 22.4 Å². The zero-order valence-electron chi connectivity index (χ0n) is 19.5. The quantitative estimate of drug-likeness (QED) is 0.662. The highest BCUT2D eigenvalue weighted by Crippen LogP contribution is 2.33. The van der Waals surface area contributed by atoms with Gasteiger partial charge in [0, 0.05) is 13.1 Å². The molecule has 2 aromatic carbocycles. The molecule has 9 heteroatoms. The fourth-order valence-corrected chi connectivity index (χ4v) is 4.84. The molecule has 1 saturated heterocycles. The van der Waals surface area contributed by atoms with Crippen molar-refractivity contribution in [1.29, 1.82) is 0 Å². The molecule has 0 radical (unpaired) electrons. The Morgan fingerprint density at radius 2 is 1.82 bits per heavy atom. The number of aliphatic imine (C=N–C) groups is 1. The molecule has 0 bridgehead atoms. The summed E-state index contributed by atoms with van der Waals surface area (Å²) in [6, 6.07) is 12.8. The molecular formula is C25H26N4O4S. The summed E-state index contributed by atoms with van der Waals surface area (Å²) in [7, 11) is 1.59. The van der Waals surface area contributed by atoms with Gasteiger partial charge in [0.1, 0.15) is 11.4 Å². The van der Waals surface area contributed by atoms with Crippen LogP contribution in [-0.2, 0) is 9.59 Å². The van der Waals surface area contributed by atoms with Crippen LogP contribution in [0.15, 0.2) is 53.2 Å². The van der Waals surface area contributed by atoms with E-state index in [4.69, 9.17) is 4.74 Å². The van der Waals surface area contributed by atoms with Gasteiger partial charge < -0.3 is 10.1 Å². The summed E-state index contributed by atoms with van der Waals surface area (Å²) in [5.41, 5.74) is 3.78. The van der Waals surface area contributed by atoms with Crippen molar-refractivity contribution in [2.75, 3.05) is 25.1 Å². The number of imide groups is 1. The molecule has 1 unspecified atom stereocenters. The number of ether oxygens (including phenoxy) is 1. The highest BCUT2D eigenvalue weighted by Gasteiger charge is 2.36. The summed E-state index contributed by atoms with van der Waals surface area (Å²) < 4.78 is 5.20. The van der Waals surface area contributed by atoms with Gasteiger partial charge in [-0.2, -0.15) is 0 Å². The lowest BCUT2D eigenvalue weighted by Gasteiger charge is -2.22. The van der Waals surface area contributed by atoms with E-state index < -0.39 is 11.3 Å². The number of hydrogen-bond donors (Lipinski definition) is 1. The van der Waals surface area contributed by atoms with Crippen molar-refractivity contribution in [3.05, 3.63) is 64.9 Å². The molecular weight excluding hydrogens is 452 g/mol. The van der Waals surface area contributed by atoms with Gasteiger partial charge in [0.15, 0.2) is 5.17 Å². The van der Waals surface area contributed by atoms with Crippen LogP contribution in [0.1, 0.15) is 23.6 Å². The van der Waals surface area contributed by atoms with Crippen LogP contribution in [0.5, 0.6) is 5.75 Å². The number of carbonyl (C=O) groups is 3. The van der Waals surface area contributed by atoms with Crippen LogP contribution in [-0.4, -0.2) is 53.4 Å². The number of methoxy groups -OCH3 is 1. The highest BCUT2D eigenvalue weighted by molar-refractivity contribution is 8.15. The molecule has 0 aromatic heterocycles. The zero-order chi connectivity index (χ0) is 24.4. The standard InChI is InChI=1S/C25H26N4O4S/c1-15-11-16(2)13-19(12-15)29-23(31)21(14-18-5-7-20(33-4)8-6-18)27-25(29)34-17(3)22(30)28-10-9-26-24(28)32/h5-8,11-14,17H,9-10H2,1-4H3,(H,26,32)/b21-14-. The largest absolute Gasteiger partial charge is 0.497 e. The highest BCUT2D eigenvalue weighted by atomic mass is 32.2. The fourth-order valence-electron chi connectivity index (χ4n) is 3.85. The van der Waals surface area contributed by atoms with E-state index in [2.05, 4.69) is 10.3 Å². The maximum Gasteiger partial charge on any atom is 0.324 e. The van der Waals surface area contributed by atoms with Gasteiger partial charge in [-0.1, -0.05) is 30.0 Å². The molecule has 0 saturated carbocycles. The van der Waals surface area contributed by atoms with E-state index in [1.54, 1.807) is 20.1 Å². The SMILES string of the molecule is COc1ccc(/C=C2\N=C(SC(C)C(=O)N3CCNC3=O)N(c3cc(C)cc(C)c3)C2=O)cc1. The number of nitrogens with one attached hydrogen (secondary N) is 1. The lowest BCUT2D eigenvalue weighted by molar-refractivity contribution is -0.126. The number of aryl methyl sites for hydroxylation is 2. The molecule has 2 aromatic rings. The average Bonchev–Trinajstić information content (AvgIpc) is 3.35. The lowest BCUT2D eigenvalue weighted by Crippen LogP contribution is -2.40. The minimum Gasteiger partial charge on any atom is -0.497 e. The van der Waals surface area contributed by atoms with Crippen molar-refractivity contribution in [3.63, 3.8) is 0 Å². The Labute approximate surface area is 202 Å². The monoisotopic (exact) mass is 478 g/mol. The first-order valence-electron chi connectivity index (χ1n) is 10.9. The van der Waals surface area contributed by atoms with Crippen molar-refractivity contribution in [2.45, 2.75) is 26.0 Å². The van der Waals surface area contributed by atoms with Gasteiger partial charge in [0.05, 0.1) is 18.0 Å². The van der Waals surface area contributed by atoms with Gasteiger partial charge in [0.2, 0.25) is 5.91 Å². The number of anilines is 1. The predicted octanol–water partition coefficient (Wildman–Crippen LogP) is 3.73. The molecule has 0 aliphatic carbocycles. The Kier molecular flexibility index (Phi) is 6.74. The molecule has 0 spiro atoms. The normalized spacial score (nSPS) is 17.8. The third kappa shape index (κ3) is 4.84. The Hall–Kier alpha value is -3.59. The maximum absolute atomic E-state index is 13.5. The van der Waals surface area contributed by atoms with E-state index in [-0.39, 0.29) is 17.5 Å². The zero-order valence-corrected chi connectivity index (χ0v) is 20.3. The third-order valence-corrected chi connectivity index (χ3v) is 6.51. The molecule has 1 N–H and O–H groups in total. The van der Waals surface area contributed by atoms with Crippen molar-refractivity contribution in [3.8, 4) is 5.75 Å². The molecule has 1 atom stereocenters. The van der Waals surface area contributed by atoms with Crippen LogP contribution in [0.3, 0.4) is 0 Å². The van der Waals surface area contributed by atoms with Crippen LogP contribution in [0, 0.1) is 13.8 Å². The molecule has 8 nitrogen and oxygen atoms in total. The molecule has 34 heavy (non-hydrogen) atoms. The Balaban J connectivity index is 1.68. The topological polar surface area (TPSA) is 91.3 Å². The summed E-state index contributed by atoms with van der Waals surface area (Å²) in [5.74, 6) is 0.125. The molecule has 1 fully saturated rings. The lowest BCUT2D eigenvalue weighted by atomic mass is 10.1. The van der Waals surface area contributed by atoms with Crippen LogP contribution >= 0.6 is 11.8 Å². The first kappa shape index (κ1) is 23.6. The van der Waals surface area contributed by atoms with Crippen LogP contribution in [0.4, 0.5) is 10.5 Å². The molecule has 4 rings (SSSR count). The predicted molar refractivity (Wildman–Crippen MR) is 134 cm³/mol. The number of amides is 4. The Morgan fingerprint density at radius 3 is 2.41 bits per heavy atom. The van der Waals surface area contributed by atoms with Crippen molar-refractivity contribution < 1.29 is 19.1 Å². The van der Waals surface area contributed by atoms with E-state index in [9.17, 15) is 14.4 Å². The van der Waals surface area contributed by atoms with E-state index in [1.807, 2.05) is 56.3 Å². The van der Waals surface area contributed by atoms with Crippen LogP contribution in [0.2, 0.25) is 0 Å². The Morgan fingerprint density at radius 1 is 1.15 bits per heavy atom. The number of rotatable bonds is 5. The van der Waals surface area contributed by atoms with E-state index >= 15 is 0 Å².